The summed E-state index contributed by atoms with van der Waals surface area (Å²) in [5.74, 6) is -0.770. The van der Waals surface area contributed by atoms with Crippen molar-refractivity contribution >= 4 is 21.7 Å². The van der Waals surface area contributed by atoms with Crippen molar-refractivity contribution < 1.29 is 13.9 Å². The van der Waals surface area contributed by atoms with E-state index in [0.29, 0.717) is 17.5 Å². The molecule has 16 heavy (non-hydrogen) atoms. The van der Waals surface area contributed by atoms with E-state index >= 15 is 0 Å². The lowest BCUT2D eigenvalue weighted by molar-refractivity contribution is 0.0210. The summed E-state index contributed by atoms with van der Waals surface area (Å²) in [4.78, 5) is 12.2. The summed E-state index contributed by atoms with van der Waals surface area (Å²) < 4.78 is 19.7. The third-order valence-electron chi connectivity index (χ3n) is 2.87. The molecule has 1 aromatic rings. The van der Waals surface area contributed by atoms with Gasteiger partial charge in [0.15, 0.2) is 5.78 Å². The molecule has 0 aliphatic carbocycles. The summed E-state index contributed by atoms with van der Waals surface area (Å²) >= 11 is 3.23. The SMILES string of the molecule is CC1(C(=O)c2cc(Br)ccc2F)CCCO1. The van der Waals surface area contributed by atoms with Crippen LogP contribution in [0.15, 0.2) is 22.7 Å². The van der Waals surface area contributed by atoms with Gasteiger partial charge in [0.25, 0.3) is 0 Å². The van der Waals surface area contributed by atoms with E-state index in [1.165, 1.54) is 12.1 Å². The molecule has 0 N–H and O–H groups in total. The van der Waals surface area contributed by atoms with Crippen LogP contribution in [0.1, 0.15) is 30.1 Å². The van der Waals surface area contributed by atoms with Crippen molar-refractivity contribution in [1.82, 2.24) is 0 Å². The van der Waals surface area contributed by atoms with Crippen LogP contribution in [-0.4, -0.2) is 18.0 Å². The van der Waals surface area contributed by atoms with Gasteiger partial charge in [-0.15, -0.1) is 0 Å². The van der Waals surface area contributed by atoms with Crippen LogP contribution in [0.5, 0.6) is 0 Å². The van der Waals surface area contributed by atoms with Crippen LogP contribution < -0.4 is 0 Å². The summed E-state index contributed by atoms with van der Waals surface area (Å²) in [5, 5.41) is 0. The highest BCUT2D eigenvalue weighted by Gasteiger charge is 2.39. The molecular weight excluding hydrogens is 275 g/mol. The van der Waals surface area contributed by atoms with Gasteiger partial charge >= 0.3 is 0 Å². The molecular formula is C12H12BrFO2. The first-order chi connectivity index (χ1) is 7.53. The Kier molecular flexibility index (Phi) is 3.13. The first-order valence-electron chi connectivity index (χ1n) is 5.17. The highest BCUT2D eigenvalue weighted by molar-refractivity contribution is 9.10. The maximum Gasteiger partial charge on any atom is 0.197 e. The first kappa shape index (κ1) is 11.7. The second-order valence-electron chi connectivity index (χ2n) is 4.14. The predicted octanol–water partition coefficient (Wildman–Crippen LogP) is 3.34. The van der Waals surface area contributed by atoms with Gasteiger partial charge in [0.1, 0.15) is 11.4 Å². The van der Waals surface area contributed by atoms with Crippen LogP contribution in [0.25, 0.3) is 0 Å². The standard InChI is InChI=1S/C12H12BrFO2/c1-12(5-2-6-16-12)11(15)9-7-8(13)3-4-10(9)14/h3-4,7H,2,5-6H2,1H3. The third kappa shape index (κ3) is 2.04. The van der Waals surface area contributed by atoms with Crippen molar-refractivity contribution in [2.45, 2.75) is 25.4 Å². The minimum atomic E-state index is -0.859. The number of ketones is 1. The number of carbonyl (C=O) groups excluding carboxylic acids is 1. The number of rotatable bonds is 2. The molecule has 1 atom stereocenters. The molecule has 2 rings (SSSR count). The Morgan fingerprint density at radius 1 is 1.56 bits per heavy atom. The first-order valence-corrected chi connectivity index (χ1v) is 5.96. The molecule has 1 aliphatic rings. The second kappa shape index (κ2) is 4.26. The van der Waals surface area contributed by atoms with Gasteiger partial charge in [-0.3, -0.25) is 4.79 Å². The molecule has 0 amide bonds. The van der Waals surface area contributed by atoms with Gasteiger partial charge < -0.3 is 4.74 Å². The molecule has 1 heterocycles. The molecule has 86 valence electrons. The van der Waals surface area contributed by atoms with Crippen LogP contribution in [0.2, 0.25) is 0 Å². The molecule has 1 unspecified atom stereocenters. The Morgan fingerprint density at radius 3 is 2.94 bits per heavy atom. The quantitative estimate of drug-likeness (QED) is 0.780. The van der Waals surface area contributed by atoms with Gasteiger partial charge in [-0.1, -0.05) is 15.9 Å². The lowest BCUT2D eigenvalue weighted by Gasteiger charge is -2.21. The topological polar surface area (TPSA) is 26.3 Å². The fourth-order valence-electron chi connectivity index (χ4n) is 1.91. The van der Waals surface area contributed by atoms with E-state index in [0.717, 1.165) is 6.42 Å². The molecule has 0 saturated carbocycles. The fraction of sp³-hybridized carbons (Fsp3) is 0.417. The van der Waals surface area contributed by atoms with Crippen molar-refractivity contribution in [3.63, 3.8) is 0 Å². The number of halogens is 2. The average Bonchev–Trinajstić information content (AvgIpc) is 2.69. The Morgan fingerprint density at radius 2 is 2.31 bits per heavy atom. The minimum absolute atomic E-state index is 0.0961. The van der Waals surface area contributed by atoms with E-state index in [4.69, 9.17) is 4.74 Å². The Hall–Kier alpha value is -0.740. The maximum atomic E-state index is 13.5. The summed E-state index contributed by atoms with van der Waals surface area (Å²) in [6, 6.07) is 4.37. The normalized spacial score (nSPS) is 24.7. The van der Waals surface area contributed by atoms with Gasteiger partial charge in [0, 0.05) is 11.1 Å². The second-order valence-corrected chi connectivity index (χ2v) is 5.05. The van der Waals surface area contributed by atoms with E-state index in [1.54, 1.807) is 13.0 Å². The lowest BCUT2D eigenvalue weighted by atomic mass is 9.92. The number of ether oxygens (including phenoxy) is 1. The molecule has 0 bridgehead atoms. The summed E-state index contributed by atoms with van der Waals surface area (Å²) in [6.45, 7) is 2.29. The van der Waals surface area contributed by atoms with E-state index in [9.17, 15) is 9.18 Å². The van der Waals surface area contributed by atoms with Gasteiger partial charge in [-0.25, -0.2) is 4.39 Å². The van der Waals surface area contributed by atoms with Crippen molar-refractivity contribution in [3.05, 3.63) is 34.1 Å². The Labute approximate surface area is 102 Å². The van der Waals surface area contributed by atoms with Crippen LogP contribution in [0, 0.1) is 5.82 Å². The lowest BCUT2D eigenvalue weighted by Crippen LogP contribution is -2.34. The monoisotopic (exact) mass is 286 g/mol. The summed E-state index contributed by atoms with van der Waals surface area (Å²) in [5.41, 5.74) is -0.763. The van der Waals surface area contributed by atoms with Gasteiger partial charge in [0.05, 0.1) is 5.56 Å². The highest BCUT2D eigenvalue weighted by Crippen LogP contribution is 2.30. The van der Waals surface area contributed by atoms with Crippen LogP contribution in [0.3, 0.4) is 0 Å². The summed E-state index contributed by atoms with van der Waals surface area (Å²) in [7, 11) is 0. The van der Waals surface area contributed by atoms with Gasteiger partial charge in [-0.05, 0) is 38.0 Å². The van der Waals surface area contributed by atoms with Crippen LogP contribution >= 0.6 is 15.9 Å². The predicted molar refractivity (Wildman–Crippen MR) is 62.0 cm³/mol. The molecule has 0 spiro atoms. The van der Waals surface area contributed by atoms with E-state index < -0.39 is 11.4 Å². The summed E-state index contributed by atoms with van der Waals surface area (Å²) in [6.07, 6.45) is 1.50. The Bertz CT molecular complexity index is 425. The van der Waals surface area contributed by atoms with Crippen molar-refractivity contribution in [1.29, 1.82) is 0 Å². The molecule has 1 fully saturated rings. The number of Topliss-reactive ketones (excluding diaryl/α,β-unsaturated/α-hetero) is 1. The van der Waals surface area contributed by atoms with Gasteiger partial charge in [-0.2, -0.15) is 0 Å². The smallest absolute Gasteiger partial charge is 0.197 e. The molecule has 1 aliphatic heterocycles. The molecule has 0 aromatic heterocycles. The van der Waals surface area contributed by atoms with Crippen molar-refractivity contribution in [2.24, 2.45) is 0 Å². The van der Waals surface area contributed by atoms with Crippen LogP contribution in [0.4, 0.5) is 4.39 Å². The maximum absolute atomic E-state index is 13.5. The zero-order valence-corrected chi connectivity index (χ0v) is 10.5. The van der Waals surface area contributed by atoms with Crippen molar-refractivity contribution in [2.75, 3.05) is 6.61 Å². The zero-order chi connectivity index (χ0) is 11.8. The number of benzene rings is 1. The van der Waals surface area contributed by atoms with E-state index in [1.807, 2.05) is 0 Å². The fourth-order valence-corrected chi connectivity index (χ4v) is 2.28. The zero-order valence-electron chi connectivity index (χ0n) is 8.93. The number of hydrogen-bond acceptors (Lipinski definition) is 2. The molecule has 1 saturated heterocycles. The Balaban J connectivity index is 2.36. The largest absolute Gasteiger partial charge is 0.367 e. The number of carbonyl (C=O) groups is 1. The molecule has 0 radical (unpaired) electrons. The van der Waals surface area contributed by atoms with E-state index in [2.05, 4.69) is 15.9 Å². The van der Waals surface area contributed by atoms with E-state index in [-0.39, 0.29) is 11.3 Å². The third-order valence-corrected chi connectivity index (χ3v) is 3.37. The molecule has 4 heteroatoms. The van der Waals surface area contributed by atoms with Crippen molar-refractivity contribution in [3.8, 4) is 0 Å². The molecule has 1 aromatic carbocycles. The number of hydrogen-bond donors (Lipinski definition) is 0. The highest BCUT2D eigenvalue weighted by atomic mass is 79.9. The average molecular weight is 287 g/mol. The van der Waals surface area contributed by atoms with Crippen LogP contribution in [-0.2, 0) is 4.74 Å². The van der Waals surface area contributed by atoms with Gasteiger partial charge in [0.2, 0.25) is 0 Å². The minimum Gasteiger partial charge on any atom is -0.367 e. The molecule has 2 nitrogen and oxygen atoms in total.